The Bertz CT molecular complexity index is 575. The van der Waals surface area contributed by atoms with Gasteiger partial charge in [0.15, 0.2) is 0 Å². The van der Waals surface area contributed by atoms with Gasteiger partial charge >= 0.3 is 0 Å². The van der Waals surface area contributed by atoms with Crippen molar-refractivity contribution in [3.05, 3.63) is 29.8 Å². The Balaban J connectivity index is 1.44. The first-order valence-electron chi connectivity index (χ1n) is 8.98. The van der Waals surface area contributed by atoms with Crippen LogP contribution in [0.5, 0.6) is 0 Å². The van der Waals surface area contributed by atoms with Gasteiger partial charge in [-0.2, -0.15) is 0 Å². The molecule has 0 bridgehead atoms. The molecule has 2 aliphatic carbocycles. The summed E-state index contributed by atoms with van der Waals surface area (Å²) < 4.78 is 0. The molecular weight excluding hydrogens is 302 g/mol. The molecule has 0 radical (unpaired) electrons. The van der Waals surface area contributed by atoms with Gasteiger partial charge in [-0.1, -0.05) is 25.0 Å². The predicted molar refractivity (Wildman–Crippen MR) is 94.8 cm³/mol. The standard InChI is InChI=1S/C19H27N3O2/c1-22(17-4-2-3-5-17)13-19(24)21-15-8-6-14(7-9-15)12-18(23)20-16-10-11-16/h6-9,16-17H,2-5,10-13H2,1H3,(H,20,23)(H,21,24). The topological polar surface area (TPSA) is 61.4 Å². The summed E-state index contributed by atoms with van der Waals surface area (Å²) in [7, 11) is 2.02. The molecule has 2 saturated carbocycles. The zero-order valence-electron chi connectivity index (χ0n) is 14.4. The highest BCUT2D eigenvalue weighted by Crippen LogP contribution is 2.22. The molecule has 2 fully saturated rings. The fourth-order valence-electron chi connectivity index (χ4n) is 3.30. The fraction of sp³-hybridized carbons (Fsp3) is 0.579. The summed E-state index contributed by atoms with van der Waals surface area (Å²) in [6.07, 6.45) is 7.54. The second kappa shape index (κ2) is 7.79. The average molecular weight is 329 g/mol. The van der Waals surface area contributed by atoms with E-state index in [4.69, 9.17) is 0 Å². The van der Waals surface area contributed by atoms with E-state index in [-0.39, 0.29) is 11.8 Å². The number of benzene rings is 1. The molecule has 0 aliphatic heterocycles. The molecule has 2 N–H and O–H groups in total. The Morgan fingerprint density at radius 3 is 2.33 bits per heavy atom. The van der Waals surface area contributed by atoms with Gasteiger partial charge in [-0.3, -0.25) is 14.5 Å². The number of nitrogens with zero attached hydrogens (tertiary/aromatic N) is 1. The van der Waals surface area contributed by atoms with Crippen molar-refractivity contribution in [3.63, 3.8) is 0 Å². The molecule has 1 aromatic carbocycles. The third-order valence-corrected chi connectivity index (χ3v) is 4.89. The largest absolute Gasteiger partial charge is 0.353 e. The van der Waals surface area contributed by atoms with Crippen molar-refractivity contribution < 1.29 is 9.59 Å². The molecule has 3 rings (SSSR count). The zero-order chi connectivity index (χ0) is 16.9. The molecule has 0 unspecified atom stereocenters. The van der Waals surface area contributed by atoms with Gasteiger partial charge in [0, 0.05) is 17.8 Å². The number of likely N-dealkylation sites (N-methyl/N-ethyl adjacent to an activating group) is 1. The van der Waals surface area contributed by atoms with Gasteiger partial charge in [-0.05, 0) is 50.4 Å². The molecule has 0 atom stereocenters. The van der Waals surface area contributed by atoms with Gasteiger partial charge in [0.1, 0.15) is 0 Å². The van der Waals surface area contributed by atoms with Crippen molar-refractivity contribution in [1.82, 2.24) is 10.2 Å². The lowest BCUT2D eigenvalue weighted by molar-refractivity contribution is -0.120. The van der Waals surface area contributed by atoms with Crippen molar-refractivity contribution in [3.8, 4) is 0 Å². The van der Waals surface area contributed by atoms with E-state index in [1.54, 1.807) is 0 Å². The third-order valence-electron chi connectivity index (χ3n) is 4.89. The van der Waals surface area contributed by atoms with Gasteiger partial charge < -0.3 is 10.6 Å². The normalized spacial score (nSPS) is 17.9. The van der Waals surface area contributed by atoms with Crippen molar-refractivity contribution >= 4 is 17.5 Å². The van der Waals surface area contributed by atoms with Crippen LogP contribution in [0.1, 0.15) is 44.1 Å². The average Bonchev–Trinajstić information content (AvgIpc) is 3.17. The van der Waals surface area contributed by atoms with Crippen molar-refractivity contribution in [2.45, 2.75) is 57.0 Å². The highest BCUT2D eigenvalue weighted by atomic mass is 16.2. The molecule has 0 heterocycles. The molecule has 0 aromatic heterocycles. The lowest BCUT2D eigenvalue weighted by atomic mass is 10.1. The molecule has 1 aromatic rings. The van der Waals surface area contributed by atoms with Gasteiger partial charge in [0.2, 0.25) is 11.8 Å². The number of carbonyl (C=O) groups is 2. The maximum atomic E-state index is 12.2. The third kappa shape index (κ3) is 5.06. The first-order valence-corrected chi connectivity index (χ1v) is 8.98. The number of anilines is 1. The number of hydrogen-bond acceptors (Lipinski definition) is 3. The molecule has 5 nitrogen and oxygen atoms in total. The van der Waals surface area contributed by atoms with E-state index < -0.39 is 0 Å². The minimum Gasteiger partial charge on any atom is -0.353 e. The van der Waals surface area contributed by atoms with Crippen LogP contribution in [0.4, 0.5) is 5.69 Å². The minimum absolute atomic E-state index is 0.0172. The number of rotatable bonds is 7. The lowest BCUT2D eigenvalue weighted by Gasteiger charge is -2.23. The van der Waals surface area contributed by atoms with Crippen LogP contribution in [-0.4, -0.2) is 42.4 Å². The van der Waals surface area contributed by atoms with Crippen molar-refractivity contribution in [2.24, 2.45) is 0 Å². The summed E-state index contributed by atoms with van der Waals surface area (Å²) in [5.74, 6) is 0.0936. The van der Waals surface area contributed by atoms with Crippen LogP contribution in [0.25, 0.3) is 0 Å². The fourth-order valence-corrected chi connectivity index (χ4v) is 3.30. The number of hydrogen-bond donors (Lipinski definition) is 2. The van der Waals surface area contributed by atoms with Crippen LogP contribution in [0, 0.1) is 0 Å². The molecule has 0 spiro atoms. The lowest BCUT2D eigenvalue weighted by Crippen LogP contribution is -2.36. The first kappa shape index (κ1) is 17.0. The Morgan fingerprint density at radius 2 is 1.71 bits per heavy atom. The van der Waals surface area contributed by atoms with Gasteiger partial charge in [0.25, 0.3) is 0 Å². The summed E-state index contributed by atoms with van der Waals surface area (Å²) in [5, 5.41) is 5.92. The Kier molecular flexibility index (Phi) is 5.51. The van der Waals surface area contributed by atoms with E-state index in [1.807, 2.05) is 31.3 Å². The van der Waals surface area contributed by atoms with E-state index in [2.05, 4.69) is 15.5 Å². The van der Waals surface area contributed by atoms with E-state index in [1.165, 1.54) is 25.7 Å². The minimum atomic E-state index is 0.0172. The van der Waals surface area contributed by atoms with Crippen LogP contribution < -0.4 is 10.6 Å². The predicted octanol–water partition coefficient (Wildman–Crippen LogP) is 2.32. The van der Waals surface area contributed by atoms with Crippen LogP contribution in [-0.2, 0) is 16.0 Å². The quantitative estimate of drug-likeness (QED) is 0.807. The molecule has 2 amide bonds. The number of carbonyl (C=O) groups excluding carboxylic acids is 2. The molecule has 130 valence electrons. The maximum Gasteiger partial charge on any atom is 0.238 e. The monoisotopic (exact) mass is 329 g/mol. The van der Waals surface area contributed by atoms with E-state index in [0.717, 1.165) is 24.1 Å². The summed E-state index contributed by atoms with van der Waals surface area (Å²) >= 11 is 0. The van der Waals surface area contributed by atoms with Crippen molar-refractivity contribution in [2.75, 3.05) is 18.9 Å². The van der Waals surface area contributed by atoms with Crippen LogP contribution in [0.15, 0.2) is 24.3 Å². The summed E-state index contributed by atoms with van der Waals surface area (Å²) in [5.41, 5.74) is 1.75. The molecule has 0 saturated heterocycles. The van der Waals surface area contributed by atoms with E-state index in [9.17, 15) is 9.59 Å². The maximum absolute atomic E-state index is 12.2. The second-order valence-corrected chi connectivity index (χ2v) is 7.12. The number of nitrogens with one attached hydrogen (secondary N) is 2. The SMILES string of the molecule is CN(CC(=O)Nc1ccc(CC(=O)NC2CC2)cc1)C1CCCC1. The smallest absolute Gasteiger partial charge is 0.238 e. The second-order valence-electron chi connectivity index (χ2n) is 7.12. The van der Waals surface area contributed by atoms with Gasteiger partial charge in [0.05, 0.1) is 13.0 Å². The summed E-state index contributed by atoms with van der Waals surface area (Å²) in [4.78, 5) is 26.1. The highest BCUT2D eigenvalue weighted by Gasteiger charge is 2.23. The molecule has 5 heteroatoms. The summed E-state index contributed by atoms with van der Waals surface area (Å²) in [6.45, 7) is 0.427. The van der Waals surface area contributed by atoms with E-state index in [0.29, 0.717) is 25.0 Å². The van der Waals surface area contributed by atoms with Gasteiger partial charge in [-0.15, -0.1) is 0 Å². The first-order chi connectivity index (χ1) is 11.6. The summed E-state index contributed by atoms with van der Waals surface area (Å²) in [6, 6.07) is 8.49. The zero-order valence-corrected chi connectivity index (χ0v) is 14.4. The Labute approximate surface area is 143 Å². The van der Waals surface area contributed by atoms with Crippen LogP contribution in [0.3, 0.4) is 0 Å². The van der Waals surface area contributed by atoms with E-state index >= 15 is 0 Å². The molecular formula is C19H27N3O2. The van der Waals surface area contributed by atoms with Gasteiger partial charge in [-0.25, -0.2) is 0 Å². The van der Waals surface area contributed by atoms with Crippen LogP contribution in [0.2, 0.25) is 0 Å². The molecule has 24 heavy (non-hydrogen) atoms. The van der Waals surface area contributed by atoms with Crippen LogP contribution >= 0.6 is 0 Å². The molecule has 2 aliphatic rings. The highest BCUT2D eigenvalue weighted by molar-refractivity contribution is 5.92. The number of amides is 2. The Morgan fingerprint density at radius 1 is 1.04 bits per heavy atom. The Hall–Kier alpha value is -1.88. The van der Waals surface area contributed by atoms with Crippen molar-refractivity contribution in [1.29, 1.82) is 0 Å².